The first-order chi connectivity index (χ1) is 9.31. The molecule has 0 heterocycles. The zero-order valence-electron chi connectivity index (χ0n) is 11.1. The molecule has 0 bridgehead atoms. The molecule has 0 fully saturated rings. The minimum atomic E-state index is -3.86. The van der Waals surface area contributed by atoms with Gasteiger partial charge in [-0.1, -0.05) is 6.92 Å². The van der Waals surface area contributed by atoms with Crippen molar-refractivity contribution in [2.45, 2.75) is 11.8 Å². The largest absolute Gasteiger partial charge is 0.495 e. The highest BCUT2D eigenvalue weighted by molar-refractivity contribution is 7.89. The van der Waals surface area contributed by atoms with Crippen LogP contribution in [0.4, 0.5) is 5.69 Å². The first-order valence-corrected chi connectivity index (χ1v) is 7.23. The number of hydrogen-bond donors (Lipinski definition) is 2. The van der Waals surface area contributed by atoms with Gasteiger partial charge in [-0.2, -0.15) is 0 Å². The Labute approximate surface area is 116 Å². The highest BCUT2D eigenvalue weighted by atomic mass is 32.2. The fraction of sp³-hybridized carbons (Fsp3) is 0.455. The average Bonchev–Trinajstić information content (AvgIpc) is 2.43. The molecule has 0 aliphatic carbocycles. The molecule has 2 N–H and O–H groups in total. The number of nitro benzene ring substituents is 1. The Morgan fingerprint density at radius 3 is 2.65 bits per heavy atom. The maximum absolute atomic E-state index is 12.1. The first kappa shape index (κ1) is 16.3. The van der Waals surface area contributed by atoms with Crippen molar-refractivity contribution in [1.82, 2.24) is 4.72 Å². The molecular weight excluding hydrogens is 288 g/mol. The molecule has 0 aliphatic rings. The fourth-order valence-electron chi connectivity index (χ4n) is 1.39. The summed E-state index contributed by atoms with van der Waals surface area (Å²) >= 11 is 0. The molecule has 0 aliphatic heterocycles. The van der Waals surface area contributed by atoms with Crippen molar-refractivity contribution in [3.63, 3.8) is 0 Å². The number of hydrogen-bond acceptors (Lipinski definition) is 6. The number of benzene rings is 1. The molecule has 8 nitrogen and oxygen atoms in total. The molecule has 20 heavy (non-hydrogen) atoms. The molecule has 1 aromatic carbocycles. The van der Waals surface area contributed by atoms with Crippen molar-refractivity contribution < 1.29 is 23.2 Å². The van der Waals surface area contributed by atoms with Crippen LogP contribution in [0.25, 0.3) is 0 Å². The summed E-state index contributed by atoms with van der Waals surface area (Å²) in [5.41, 5.74) is -0.260. The fourth-order valence-corrected chi connectivity index (χ4v) is 2.70. The quantitative estimate of drug-likeness (QED) is 0.559. The van der Waals surface area contributed by atoms with E-state index in [9.17, 15) is 18.5 Å². The van der Waals surface area contributed by atoms with Gasteiger partial charge in [0.05, 0.1) is 18.1 Å². The maximum atomic E-state index is 12.1. The van der Waals surface area contributed by atoms with Crippen LogP contribution in [0.2, 0.25) is 0 Å². The number of sulfonamides is 1. The summed E-state index contributed by atoms with van der Waals surface area (Å²) in [6.45, 7) is 1.58. The van der Waals surface area contributed by atoms with Crippen LogP contribution in [0.15, 0.2) is 23.1 Å². The zero-order valence-corrected chi connectivity index (χ0v) is 11.9. The van der Waals surface area contributed by atoms with Gasteiger partial charge in [-0.25, -0.2) is 13.1 Å². The van der Waals surface area contributed by atoms with Crippen molar-refractivity contribution in [1.29, 1.82) is 0 Å². The van der Waals surface area contributed by atoms with E-state index in [1.54, 1.807) is 6.92 Å². The summed E-state index contributed by atoms with van der Waals surface area (Å²) < 4.78 is 31.3. The SMILES string of the molecule is COc1cc([N+](=O)[O-])ccc1S(=O)(=O)NCC(C)CO. The smallest absolute Gasteiger partial charge is 0.273 e. The van der Waals surface area contributed by atoms with Gasteiger partial charge >= 0.3 is 0 Å². The van der Waals surface area contributed by atoms with E-state index in [0.717, 1.165) is 18.2 Å². The molecule has 0 radical (unpaired) electrons. The van der Waals surface area contributed by atoms with Crippen LogP contribution in [-0.2, 0) is 10.0 Å². The Kier molecular flexibility index (Phi) is 5.43. The van der Waals surface area contributed by atoms with Crippen molar-refractivity contribution in [3.05, 3.63) is 28.3 Å². The Bertz CT molecular complexity index is 587. The lowest BCUT2D eigenvalue weighted by Crippen LogP contribution is -2.30. The van der Waals surface area contributed by atoms with E-state index in [4.69, 9.17) is 9.84 Å². The molecule has 1 rings (SSSR count). The second-order valence-corrected chi connectivity index (χ2v) is 5.97. The third kappa shape index (κ3) is 3.89. The molecule has 1 atom stereocenters. The lowest BCUT2D eigenvalue weighted by atomic mass is 10.2. The minimum Gasteiger partial charge on any atom is -0.495 e. The molecule has 0 saturated heterocycles. The number of nitrogens with one attached hydrogen (secondary N) is 1. The van der Waals surface area contributed by atoms with Gasteiger partial charge in [0.1, 0.15) is 10.6 Å². The van der Waals surface area contributed by atoms with E-state index >= 15 is 0 Å². The van der Waals surface area contributed by atoms with E-state index < -0.39 is 14.9 Å². The predicted molar refractivity (Wildman–Crippen MR) is 71.1 cm³/mol. The Hall–Kier alpha value is -1.71. The molecule has 1 aromatic rings. The number of aliphatic hydroxyl groups excluding tert-OH is 1. The highest BCUT2D eigenvalue weighted by Gasteiger charge is 2.22. The lowest BCUT2D eigenvalue weighted by molar-refractivity contribution is -0.385. The molecule has 0 spiro atoms. The zero-order chi connectivity index (χ0) is 15.3. The van der Waals surface area contributed by atoms with Crippen LogP contribution < -0.4 is 9.46 Å². The van der Waals surface area contributed by atoms with Gasteiger partial charge in [0.2, 0.25) is 10.0 Å². The summed E-state index contributed by atoms with van der Waals surface area (Å²) in [5.74, 6) is -0.350. The lowest BCUT2D eigenvalue weighted by Gasteiger charge is -2.12. The topological polar surface area (TPSA) is 119 Å². The van der Waals surface area contributed by atoms with Crippen molar-refractivity contribution in [3.8, 4) is 5.75 Å². The average molecular weight is 304 g/mol. The van der Waals surface area contributed by atoms with Crippen LogP contribution >= 0.6 is 0 Å². The number of rotatable bonds is 7. The highest BCUT2D eigenvalue weighted by Crippen LogP contribution is 2.28. The Morgan fingerprint density at radius 1 is 1.50 bits per heavy atom. The molecule has 0 aromatic heterocycles. The predicted octanol–water partition coefficient (Wildman–Crippen LogP) is 0.510. The summed E-state index contributed by atoms with van der Waals surface area (Å²) in [7, 11) is -2.63. The summed E-state index contributed by atoms with van der Waals surface area (Å²) in [6, 6.07) is 3.25. The van der Waals surface area contributed by atoms with Gasteiger partial charge in [-0.3, -0.25) is 10.1 Å². The minimum absolute atomic E-state index is 0.0545. The standard InChI is InChI=1S/C11H16N2O6S/c1-8(7-14)6-12-20(17,18)11-4-3-9(13(15)16)5-10(11)19-2/h3-5,8,12,14H,6-7H2,1-2H3. The van der Waals surface area contributed by atoms with Crippen molar-refractivity contribution in [2.24, 2.45) is 5.92 Å². The number of ether oxygens (including phenoxy) is 1. The molecule has 0 saturated carbocycles. The normalized spacial score (nSPS) is 12.9. The van der Waals surface area contributed by atoms with Crippen molar-refractivity contribution in [2.75, 3.05) is 20.3 Å². The van der Waals surface area contributed by atoms with Crippen molar-refractivity contribution >= 4 is 15.7 Å². The molecule has 9 heteroatoms. The van der Waals surface area contributed by atoms with E-state index in [1.165, 1.54) is 7.11 Å². The summed E-state index contributed by atoms with van der Waals surface area (Å²) in [4.78, 5) is 9.82. The van der Waals surface area contributed by atoms with Gasteiger partial charge < -0.3 is 9.84 Å². The number of methoxy groups -OCH3 is 1. The van der Waals surface area contributed by atoms with E-state index in [-0.39, 0.29) is 35.4 Å². The number of non-ortho nitro benzene ring substituents is 1. The Morgan fingerprint density at radius 2 is 2.15 bits per heavy atom. The van der Waals surface area contributed by atoms with E-state index in [0.29, 0.717) is 0 Å². The van der Waals surface area contributed by atoms with E-state index in [2.05, 4.69) is 4.72 Å². The monoisotopic (exact) mass is 304 g/mol. The second kappa shape index (κ2) is 6.64. The summed E-state index contributed by atoms with van der Waals surface area (Å²) in [6.07, 6.45) is 0. The van der Waals surface area contributed by atoms with Gasteiger partial charge in [-0.05, 0) is 12.0 Å². The van der Waals surface area contributed by atoms with Crippen LogP contribution in [0.3, 0.4) is 0 Å². The molecular formula is C11H16N2O6S. The third-order valence-corrected chi connectivity index (χ3v) is 4.04. The second-order valence-electron chi connectivity index (χ2n) is 4.23. The van der Waals surface area contributed by atoms with Gasteiger partial charge in [-0.15, -0.1) is 0 Å². The molecule has 112 valence electrons. The van der Waals surface area contributed by atoms with Crippen LogP contribution in [0, 0.1) is 16.0 Å². The van der Waals surface area contributed by atoms with Crippen LogP contribution in [-0.4, -0.2) is 38.7 Å². The third-order valence-electron chi connectivity index (χ3n) is 2.58. The summed E-state index contributed by atoms with van der Waals surface area (Å²) in [5, 5.41) is 19.5. The van der Waals surface area contributed by atoms with Crippen LogP contribution in [0.5, 0.6) is 5.75 Å². The Balaban J connectivity index is 3.08. The van der Waals surface area contributed by atoms with Crippen LogP contribution in [0.1, 0.15) is 6.92 Å². The number of aliphatic hydroxyl groups is 1. The van der Waals surface area contributed by atoms with Gasteiger partial charge in [0.25, 0.3) is 5.69 Å². The maximum Gasteiger partial charge on any atom is 0.273 e. The number of nitrogens with zero attached hydrogens (tertiary/aromatic N) is 1. The molecule has 1 unspecified atom stereocenters. The van der Waals surface area contributed by atoms with Gasteiger partial charge in [0.15, 0.2) is 0 Å². The molecule has 0 amide bonds. The first-order valence-electron chi connectivity index (χ1n) is 5.74. The van der Waals surface area contributed by atoms with E-state index in [1.807, 2.05) is 0 Å². The van der Waals surface area contributed by atoms with Gasteiger partial charge in [0, 0.05) is 19.2 Å². The number of nitro groups is 1.